The van der Waals surface area contributed by atoms with E-state index in [1.165, 1.54) is 12.8 Å². The number of likely N-dealkylation sites (tertiary alicyclic amines) is 1. The molecular formula is C25H27Cl4N3O2. The molecule has 0 bridgehead atoms. The summed E-state index contributed by atoms with van der Waals surface area (Å²) in [6, 6.07) is 9.52. The maximum Gasteiger partial charge on any atom is 0.242 e. The summed E-state index contributed by atoms with van der Waals surface area (Å²) in [6.45, 7) is 3.42. The third-order valence-electron chi connectivity index (χ3n) is 6.62. The Morgan fingerprint density at radius 2 is 1.59 bits per heavy atom. The molecule has 0 spiro atoms. The van der Waals surface area contributed by atoms with Crippen LogP contribution in [0.5, 0.6) is 0 Å². The molecule has 4 rings (SSSR count). The Bertz CT molecular complexity index is 1070. The smallest absolute Gasteiger partial charge is 0.242 e. The highest BCUT2D eigenvalue weighted by molar-refractivity contribution is 6.35. The van der Waals surface area contributed by atoms with Gasteiger partial charge in [0.1, 0.15) is 6.04 Å². The van der Waals surface area contributed by atoms with E-state index in [9.17, 15) is 9.59 Å². The third kappa shape index (κ3) is 6.00. The van der Waals surface area contributed by atoms with Gasteiger partial charge in [-0.15, -0.1) is 0 Å². The van der Waals surface area contributed by atoms with Gasteiger partial charge in [-0.3, -0.25) is 9.59 Å². The van der Waals surface area contributed by atoms with Crippen LogP contribution < -0.4 is 10.6 Å². The first-order chi connectivity index (χ1) is 16.3. The minimum Gasteiger partial charge on any atom is -0.353 e. The lowest BCUT2D eigenvalue weighted by atomic mass is 9.94. The molecule has 2 amide bonds. The molecule has 1 atom stereocenters. The topological polar surface area (TPSA) is 61.4 Å². The van der Waals surface area contributed by atoms with Crippen LogP contribution in [0.4, 0.5) is 0 Å². The summed E-state index contributed by atoms with van der Waals surface area (Å²) in [4.78, 5) is 28.9. The average molecular weight is 543 g/mol. The number of carbonyl (C=O) groups excluding carboxylic acids is 2. The molecule has 2 fully saturated rings. The molecule has 0 aromatic heterocycles. The number of hydrogen-bond donors (Lipinski definition) is 2. The zero-order valence-electron chi connectivity index (χ0n) is 18.7. The molecule has 1 heterocycles. The van der Waals surface area contributed by atoms with E-state index in [0.29, 0.717) is 39.5 Å². The highest BCUT2D eigenvalue weighted by Gasteiger charge is 2.53. The Morgan fingerprint density at radius 1 is 0.941 bits per heavy atom. The fourth-order valence-electron chi connectivity index (χ4n) is 4.50. The van der Waals surface area contributed by atoms with Gasteiger partial charge in [0.2, 0.25) is 11.8 Å². The van der Waals surface area contributed by atoms with Crippen molar-refractivity contribution in [3.8, 4) is 0 Å². The van der Waals surface area contributed by atoms with Crippen LogP contribution in [0, 0.1) is 0 Å². The molecule has 1 aliphatic carbocycles. The Morgan fingerprint density at radius 3 is 2.21 bits per heavy atom. The van der Waals surface area contributed by atoms with E-state index in [2.05, 4.69) is 15.5 Å². The van der Waals surface area contributed by atoms with Gasteiger partial charge in [-0.1, -0.05) is 58.5 Å². The van der Waals surface area contributed by atoms with Crippen molar-refractivity contribution in [2.24, 2.45) is 0 Å². The summed E-state index contributed by atoms with van der Waals surface area (Å²) in [6.07, 6.45) is 3.95. The number of nitrogens with one attached hydrogen (secondary N) is 2. The lowest BCUT2D eigenvalue weighted by Gasteiger charge is -2.24. The van der Waals surface area contributed by atoms with Crippen LogP contribution in [0.15, 0.2) is 36.4 Å². The molecule has 2 aromatic carbocycles. The standard InChI is InChI=1S/C25H27Cl4N3O2/c26-17-4-3-16(20(28)14-17)13-22(23(33)30-9-12-32-10-1-2-11-32)31-24(34)25(7-8-25)19-6-5-18(27)15-21(19)29/h3-6,14-15,22H,1-2,7-13H2,(H,30,33)(H,31,34). The second-order valence-corrected chi connectivity index (χ2v) is 10.7. The van der Waals surface area contributed by atoms with Gasteiger partial charge < -0.3 is 15.5 Å². The van der Waals surface area contributed by atoms with E-state index in [1.54, 1.807) is 36.4 Å². The molecule has 182 valence electrons. The summed E-state index contributed by atoms with van der Waals surface area (Å²) in [5.74, 6) is -0.460. The van der Waals surface area contributed by atoms with Crippen molar-refractivity contribution in [2.45, 2.75) is 43.6 Å². The Hall–Kier alpha value is -1.50. The lowest BCUT2D eigenvalue weighted by molar-refractivity contribution is -0.130. The van der Waals surface area contributed by atoms with Gasteiger partial charge in [-0.25, -0.2) is 0 Å². The lowest BCUT2D eigenvalue weighted by Crippen LogP contribution is -2.51. The van der Waals surface area contributed by atoms with Crippen LogP contribution in [0.2, 0.25) is 20.1 Å². The zero-order chi connectivity index (χ0) is 24.3. The van der Waals surface area contributed by atoms with Crippen molar-refractivity contribution in [1.29, 1.82) is 0 Å². The largest absolute Gasteiger partial charge is 0.353 e. The summed E-state index contributed by atoms with van der Waals surface area (Å²) in [5.41, 5.74) is 0.716. The SMILES string of the molecule is O=C(NCCN1CCCC1)C(Cc1ccc(Cl)cc1Cl)NC(=O)C1(c2ccc(Cl)cc2Cl)CC1. The maximum absolute atomic E-state index is 13.4. The fourth-order valence-corrected chi connectivity index (χ4v) is 5.58. The van der Waals surface area contributed by atoms with E-state index in [-0.39, 0.29) is 18.2 Å². The Labute approximate surface area is 220 Å². The number of halogens is 4. The summed E-state index contributed by atoms with van der Waals surface area (Å²) < 4.78 is 0. The zero-order valence-corrected chi connectivity index (χ0v) is 21.7. The van der Waals surface area contributed by atoms with Crippen molar-refractivity contribution in [1.82, 2.24) is 15.5 Å². The maximum atomic E-state index is 13.4. The molecule has 1 saturated carbocycles. The van der Waals surface area contributed by atoms with Crippen LogP contribution in [0.1, 0.15) is 36.8 Å². The number of carbonyl (C=O) groups is 2. The van der Waals surface area contributed by atoms with Crippen LogP contribution >= 0.6 is 46.4 Å². The summed E-state index contributed by atoms with van der Waals surface area (Å²) in [5, 5.41) is 7.90. The molecule has 1 unspecified atom stereocenters. The molecule has 1 aliphatic heterocycles. The van der Waals surface area contributed by atoms with Gasteiger partial charge in [0.15, 0.2) is 0 Å². The van der Waals surface area contributed by atoms with Gasteiger partial charge in [0.05, 0.1) is 5.41 Å². The number of rotatable bonds is 9. The first-order valence-electron chi connectivity index (χ1n) is 11.5. The minimum atomic E-state index is -0.784. The fraction of sp³-hybridized carbons (Fsp3) is 0.440. The van der Waals surface area contributed by atoms with Crippen molar-refractivity contribution in [3.63, 3.8) is 0 Å². The molecule has 1 saturated heterocycles. The minimum absolute atomic E-state index is 0.221. The van der Waals surface area contributed by atoms with E-state index in [4.69, 9.17) is 46.4 Å². The van der Waals surface area contributed by atoms with Gasteiger partial charge in [-0.05, 0) is 74.2 Å². The summed E-state index contributed by atoms with van der Waals surface area (Å²) >= 11 is 24.9. The quantitative estimate of drug-likeness (QED) is 0.453. The number of nitrogens with zero attached hydrogens (tertiary/aromatic N) is 1. The van der Waals surface area contributed by atoms with Crippen LogP contribution in [0.3, 0.4) is 0 Å². The first kappa shape index (κ1) is 25.6. The average Bonchev–Trinajstić information content (AvgIpc) is 3.42. The molecular weight excluding hydrogens is 516 g/mol. The molecule has 2 N–H and O–H groups in total. The number of amides is 2. The van der Waals surface area contributed by atoms with Crippen molar-refractivity contribution in [2.75, 3.05) is 26.2 Å². The highest BCUT2D eigenvalue weighted by Crippen LogP contribution is 2.51. The molecule has 9 heteroatoms. The van der Waals surface area contributed by atoms with Gasteiger partial charge in [-0.2, -0.15) is 0 Å². The van der Waals surface area contributed by atoms with Gasteiger partial charge >= 0.3 is 0 Å². The van der Waals surface area contributed by atoms with E-state index < -0.39 is 11.5 Å². The molecule has 2 aliphatic rings. The van der Waals surface area contributed by atoms with Gasteiger partial charge in [0.25, 0.3) is 0 Å². The second-order valence-electron chi connectivity index (χ2n) is 9.01. The van der Waals surface area contributed by atoms with Crippen molar-refractivity contribution < 1.29 is 9.59 Å². The van der Waals surface area contributed by atoms with Crippen LogP contribution in [0.25, 0.3) is 0 Å². The molecule has 34 heavy (non-hydrogen) atoms. The number of hydrogen-bond acceptors (Lipinski definition) is 3. The van der Waals surface area contributed by atoms with Crippen molar-refractivity contribution >= 4 is 58.2 Å². The van der Waals surface area contributed by atoms with Crippen molar-refractivity contribution in [3.05, 3.63) is 67.6 Å². The first-order valence-corrected chi connectivity index (χ1v) is 13.0. The van der Waals surface area contributed by atoms with E-state index in [0.717, 1.165) is 30.8 Å². The predicted molar refractivity (Wildman–Crippen MR) is 138 cm³/mol. The van der Waals surface area contributed by atoms with Crippen LogP contribution in [-0.4, -0.2) is 48.9 Å². The molecule has 5 nitrogen and oxygen atoms in total. The molecule has 0 radical (unpaired) electrons. The highest BCUT2D eigenvalue weighted by atomic mass is 35.5. The Kier molecular flexibility index (Phi) is 8.32. The van der Waals surface area contributed by atoms with Gasteiger partial charge in [0, 0.05) is 39.6 Å². The number of benzene rings is 2. The monoisotopic (exact) mass is 541 g/mol. The predicted octanol–water partition coefficient (Wildman–Crippen LogP) is 5.27. The summed E-state index contributed by atoms with van der Waals surface area (Å²) in [7, 11) is 0. The normalized spacial score (nSPS) is 17.9. The van der Waals surface area contributed by atoms with E-state index in [1.807, 2.05) is 0 Å². The third-order valence-corrected chi connectivity index (χ3v) is 7.75. The Balaban J connectivity index is 1.49. The van der Waals surface area contributed by atoms with E-state index >= 15 is 0 Å². The second kappa shape index (κ2) is 11.0. The van der Waals surface area contributed by atoms with Crippen LogP contribution in [-0.2, 0) is 21.4 Å². The molecule has 2 aromatic rings.